The maximum absolute atomic E-state index is 12.0. The van der Waals surface area contributed by atoms with Gasteiger partial charge in [-0.25, -0.2) is 4.57 Å². The lowest BCUT2D eigenvalue weighted by Crippen LogP contribution is -2.27. The summed E-state index contributed by atoms with van der Waals surface area (Å²) in [5.74, 6) is -0.513. The Kier molecular flexibility index (Phi) is 32.2. The summed E-state index contributed by atoms with van der Waals surface area (Å²) in [5, 5.41) is 12.6. The summed E-state index contributed by atoms with van der Waals surface area (Å²) in [6, 6.07) is 0. The van der Waals surface area contributed by atoms with Gasteiger partial charge >= 0.3 is 13.8 Å². The van der Waals surface area contributed by atoms with Gasteiger partial charge in [-0.1, -0.05) is 155 Å². The van der Waals surface area contributed by atoms with Crippen molar-refractivity contribution in [3.63, 3.8) is 0 Å². The Hall–Kier alpha value is -0.990. The summed E-state index contributed by atoms with van der Waals surface area (Å²) >= 11 is 0. The number of phosphoric acid groups is 1. The minimum absolute atomic E-state index is 0.0866. The number of nitrogens with one attached hydrogen (secondary N) is 1. The number of phosphoric ester groups is 1. The van der Waals surface area contributed by atoms with E-state index in [9.17, 15) is 24.2 Å². The molecule has 0 aromatic heterocycles. The number of amides is 1. The van der Waals surface area contributed by atoms with Crippen LogP contribution in [0.4, 0.5) is 0 Å². The van der Waals surface area contributed by atoms with Crippen molar-refractivity contribution in [3.05, 3.63) is 0 Å². The number of carbonyl (C=O) groups is 2. The average molecular weight is 664 g/mol. The molecule has 0 saturated heterocycles. The van der Waals surface area contributed by atoms with E-state index in [1.54, 1.807) is 0 Å². The Bertz CT molecular complexity index is 724. The number of rotatable bonds is 35. The largest absolute Gasteiger partial charge is 0.472 e. The molecule has 2 atom stereocenters. The fourth-order valence-corrected chi connectivity index (χ4v) is 5.96. The maximum Gasteiger partial charge on any atom is 0.472 e. The van der Waals surface area contributed by atoms with Crippen molar-refractivity contribution in [2.75, 3.05) is 26.4 Å². The van der Waals surface area contributed by atoms with Crippen molar-refractivity contribution in [1.29, 1.82) is 0 Å². The predicted molar refractivity (Wildman–Crippen MR) is 183 cm³/mol. The number of unbranched alkanes of at least 4 members (excludes halogenated alkanes) is 22. The van der Waals surface area contributed by atoms with Crippen LogP contribution >= 0.6 is 7.82 Å². The van der Waals surface area contributed by atoms with Gasteiger partial charge < -0.3 is 20.1 Å². The maximum atomic E-state index is 12.0. The number of aliphatic hydroxyl groups excluding tert-OH is 1. The van der Waals surface area contributed by atoms with Crippen LogP contribution in [0.3, 0.4) is 0 Å². The number of aliphatic hydroxyl groups is 1. The molecular weight excluding hydrogens is 593 g/mol. The van der Waals surface area contributed by atoms with Gasteiger partial charge in [0.1, 0.15) is 12.7 Å². The third kappa shape index (κ3) is 34.2. The molecule has 268 valence electrons. The second kappa shape index (κ2) is 32.9. The van der Waals surface area contributed by atoms with Crippen molar-refractivity contribution < 1.29 is 37.9 Å². The van der Waals surface area contributed by atoms with Gasteiger partial charge in [-0.15, -0.1) is 0 Å². The van der Waals surface area contributed by atoms with Gasteiger partial charge in [-0.2, -0.15) is 0 Å². The first-order chi connectivity index (χ1) is 21.8. The molecule has 10 heteroatoms. The fraction of sp³-hybridized carbons (Fsp3) is 0.943. The average Bonchev–Trinajstić information content (AvgIpc) is 3.02. The quantitative estimate of drug-likeness (QED) is 0.0347. The van der Waals surface area contributed by atoms with E-state index in [1.165, 1.54) is 116 Å². The third-order valence-corrected chi connectivity index (χ3v) is 9.02. The van der Waals surface area contributed by atoms with Crippen molar-refractivity contribution in [1.82, 2.24) is 5.32 Å². The SMILES string of the molecule is CCCCCCCCCCCCCCCCCCC(=O)OCC(O)COP(=O)(O)OCCNC(=O)CCCCCCCCCC. The molecule has 2 unspecified atom stereocenters. The van der Waals surface area contributed by atoms with Crippen LogP contribution in [-0.4, -0.2) is 54.3 Å². The molecule has 0 bridgehead atoms. The Balaban J connectivity index is 3.58. The van der Waals surface area contributed by atoms with Crippen LogP contribution in [0.1, 0.15) is 181 Å². The van der Waals surface area contributed by atoms with Crippen LogP contribution in [0.15, 0.2) is 0 Å². The second-order valence-corrected chi connectivity index (χ2v) is 14.0. The van der Waals surface area contributed by atoms with E-state index >= 15 is 0 Å². The Morgan fingerprint density at radius 2 is 1.00 bits per heavy atom. The van der Waals surface area contributed by atoms with Crippen LogP contribution in [0.2, 0.25) is 0 Å². The lowest BCUT2D eigenvalue weighted by molar-refractivity contribution is -0.147. The minimum atomic E-state index is -4.40. The van der Waals surface area contributed by atoms with E-state index in [0.29, 0.717) is 12.8 Å². The third-order valence-electron chi connectivity index (χ3n) is 8.04. The highest BCUT2D eigenvalue weighted by molar-refractivity contribution is 7.47. The summed E-state index contributed by atoms with van der Waals surface area (Å²) in [6.07, 6.45) is 29.0. The molecule has 0 heterocycles. The number of esters is 1. The molecule has 0 saturated carbocycles. The van der Waals surface area contributed by atoms with Crippen molar-refractivity contribution in [2.24, 2.45) is 0 Å². The molecule has 0 aromatic rings. The zero-order valence-corrected chi connectivity index (χ0v) is 30.0. The van der Waals surface area contributed by atoms with Gasteiger partial charge in [0.2, 0.25) is 5.91 Å². The molecule has 45 heavy (non-hydrogen) atoms. The number of hydrogen-bond donors (Lipinski definition) is 3. The molecule has 0 aromatic carbocycles. The van der Waals surface area contributed by atoms with Crippen LogP contribution in [0.5, 0.6) is 0 Å². The van der Waals surface area contributed by atoms with E-state index in [0.717, 1.165) is 38.5 Å². The summed E-state index contributed by atoms with van der Waals surface area (Å²) in [7, 11) is -4.40. The second-order valence-electron chi connectivity index (χ2n) is 12.6. The first-order valence-electron chi connectivity index (χ1n) is 18.5. The Morgan fingerprint density at radius 1 is 0.600 bits per heavy atom. The van der Waals surface area contributed by atoms with Crippen molar-refractivity contribution in [3.8, 4) is 0 Å². The normalized spacial score (nSPS) is 13.4. The molecule has 0 aliphatic heterocycles. The highest BCUT2D eigenvalue weighted by Gasteiger charge is 2.23. The van der Waals surface area contributed by atoms with E-state index in [4.69, 9.17) is 13.8 Å². The zero-order chi connectivity index (χ0) is 33.3. The number of hydrogen-bond acceptors (Lipinski definition) is 7. The topological polar surface area (TPSA) is 131 Å². The minimum Gasteiger partial charge on any atom is -0.463 e. The van der Waals surface area contributed by atoms with Gasteiger partial charge in [0.05, 0.1) is 13.2 Å². The van der Waals surface area contributed by atoms with E-state index in [-0.39, 0.29) is 25.7 Å². The van der Waals surface area contributed by atoms with Crippen LogP contribution in [-0.2, 0) is 27.9 Å². The van der Waals surface area contributed by atoms with Crippen LogP contribution < -0.4 is 5.32 Å². The van der Waals surface area contributed by atoms with Gasteiger partial charge in [0, 0.05) is 19.4 Å². The summed E-state index contributed by atoms with van der Waals surface area (Å²) in [6.45, 7) is 3.53. The summed E-state index contributed by atoms with van der Waals surface area (Å²) in [4.78, 5) is 33.6. The van der Waals surface area contributed by atoms with Gasteiger partial charge in [0.25, 0.3) is 0 Å². The standard InChI is InChI=1S/C35H70NO8P/c1-3-5-7-9-11-13-14-15-16-17-18-19-20-22-24-26-28-35(39)42-31-33(37)32-44-45(40,41)43-30-29-36-34(38)27-25-23-21-12-10-8-6-4-2/h33,37H,3-32H2,1-2H3,(H,36,38)(H,40,41). The highest BCUT2D eigenvalue weighted by atomic mass is 31.2. The first-order valence-corrected chi connectivity index (χ1v) is 20.0. The Labute approximate surface area is 275 Å². The van der Waals surface area contributed by atoms with Crippen molar-refractivity contribution in [2.45, 2.75) is 187 Å². The lowest BCUT2D eigenvalue weighted by atomic mass is 10.0. The van der Waals surface area contributed by atoms with Gasteiger partial charge in [0.15, 0.2) is 0 Å². The molecule has 1 amide bonds. The lowest BCUT2D eigenvalue weighted by Gasteiger charge is -2.15. The zero-order valence-electron chi connectivity index (χ0n) is 29.1. The molecule has 9 nitrogen and oxygen atoms in total. The smallest absolute Gasteiger partial charge is 0.463 e. The molecule has 3 N–H and O–H groups in total. The number of ether oxygens (including phenoxy) is 1. The molecule has 0 aliphatic rings. The highest BCUT2D eigenvalue weighted by Crippen LogP contribution is 2.42. The summed E-state index contributed by atoms with van der Waals surface area (Å²) < 4.78 is 26.7. The molecule has 0 rings (SSSR count). The fourth-order valence-electron chi connectivity index (χ4n) is 5.20. The predicted octanol–water partition coefficient (Wildman–Crippen LogP) is 9.32. The van der Waals surface area contributed by atoms with E-state index in [2.05, 4.69) is 19.2 Å². The van der Waals surface area contributed by atoms with Crippen LogP contribution in [0, 0.1) is 0 Å². The molecule has 0 fully saturated rings. The van der Waals surface area contributed by atoms with Gasteiger partial charge in [-0.05, 0) is 12.8 Å². The first kappa shape index (κ1) is 44.0. The van der Waals surface area contributed by atoms with E-state index < -0.39 is 26.5 Å². The Morgan fingerprint density at radius 3 is 1.44 bits per heavy atom. The molecule has 0 aliphatic carbocycles. The van der Waals surface area contributed by atoms with Gasteiger partial charge in [-0.3, -0.25) is 18.6 Å². The molecule has 0 radical (unpaired) electrons. The van der Waals surface area contributed by atoms with Crippen molar-refractivity contribution >= 4 is 19.7 Å². The van der Waals surface area contributed by atoms with Crippen LogP contribution in [0.25, 0.3) is 0 Å². The molecule has 0 spiro atoms. The summed E-state index contributed by atoms with van der Waals surface area (Å²) in [5.41, 5.74) is 0. The number of carbonyl (C=O) groups excluding carboxylic acids is 2. The molecular formula is C35H70NO8P. The monoisotopic (exact) mass is 663 g/mol. The van der Waals surface area contributed by atoms with E-state index in [1.807, 2.05) is 0 Å².